The molecule has 166 valence electrons. The summed E-state index contributed by atoms with van der Waals surface area (Å²) in [4.78, 5) is 28.1. The van der Waals surface area contributed by atoms with Crippen molar-refractivity contribution in [2.45, 2.75) is 63.9 Å². The summed E-state index contributed by atoms with van der Waals surface area (Å²) in [6.07, 6.45) is 4.87. The first-order valence-electron chi connectivity index (χ1n) is 11.2. The van der Waals surface area contributed by atoms with Crippen LogP contribution in [0.25, 0.3) is 0 Å². The molecule has 4 heterocycles. The first kappa shape index (κ1) is 22.6. The number of carboxylic acid groups (broad SMARTS) is 1. The molecular formula is C24H36N2O4. The van der Waals surface area contributed by atoms with Crippen molar-refractivity contribution in [3.8, 4) is 0 Å². The second-order valence-electron chi connectivity index (χ2n) is 9.79. The van der Waals surface area contributed by atoms with Crippen LogP contribution in [0.1, 0.15) is 58.4 Å². The lowest BCUT2D eigenvalue weighted by Crippen LogP contribution is -2.50. The summed E-state index contributed by atoms with van der Waals surface area (Å²) >= 11 is 0. The molecule has 4 saturated heterocycles. The number of amides is 1. The van der Waals surface area contributed by atoms with Crippen LogP contribution in [0.4, 0.5) is 4.79 Å². The summed E-state index contributed by atoms with van der Waals surface area (Å²) in [5.41, 5.74) is -0.663. The number of fused-ring (bicyclic) bond motifs is 3. The van der Waals surface area contributed by atoms with Gasteiger partial charge in [-0.3, -0.25) is 4.79 Å². The Kier molecular flexibility index (Phi) is 7.06. The molecule has 0 radical (unpaired) electrons. The number of rotatable bonds is 2. The Labute approximate surface area is 180 Å². The fraction of sp³-hybridized carbons (Fsp3) is 0.667. The second kappa shape index (κ2) is 9.38. The number of ether oxygens (including phenoxy) is 1. The topological polar surface area (TPSA) is 70.1 Å². The van der Waals surface area contributed by atoms with E-state index in [0.717, 1.165) is 11.5 Å². The smallest absolute Gasteiger partial charge is 0.410 e. The van der Waals surface area contributed by atoms with E-state index in [-0.39, 0.29) is 6.09 Å². The normalized spacial score (nSPS) is 25.1. The van der Waals surface area contributed by atoms with Crippen molar-refractivity contribution in [1.29, 1.82) is 0 Å². The summed E-state index contributed by atoms with van der Waals surface area (Å²) in [6.45, 7) is 10.4. The van der Waals surface area contributed by atoms with Crippen LogP contribution in [0.3, 0.4) is 0 Å². The molecular weight excluding hydrogens is 380 g/mol. The van der Waals surface area contributed by atoms with Gasteiger partial charge in [0, 0.05) is 13.1 Å². The number of benzene rings is 1. The average molecular weight is 417 g/mol. The van der Waals surface area contributed by atoms with Gasteiger partial charge in [0.05, 0.1) is 5.41 Å². The Morgan fingerprint density at radius 2 is 1.50 bits per heavy atom. The van der Waals surface area contributed by atoms with Gasteiger partial charge in [0.2, 0.25) is 0 Å². The van der Waals surface area contributed by atoms with E-state index in [1.807, 2.05) is 51.1 Å². The van der Waals surface area contributed by atoms with Crippen molar-refractivity contribution >= 4 is 12.1 Å². The molecule has 4 fully saturated rings. The quantitative estimate of drug-likeness (QED) is 0.785. The van der Waals surface area contributed by atoms with Gasteiger partial charge in [0.1, 0.15) is 5.60 Å². The third kappa shape index (κ3) is 5.54. The van der Waals surface area contributed by atoms with E-state index < -0.39 is 17.0 Å². The lowest BCUT2D eigenvalue weighted by Gasteiger charge is -2.39. The van der Waals surface area contributed by atoms with E-state index in [9.17, 15) is 14.7 Å². The third-order valence-corrected chi connectivity index (χ3v) is 6.57. The van der Waals surface area contributed by atoms with Crippen molar-refractivity contribution in [3.05, 3.63) is 35.9 Å². The van der Waals surface area contributed by atoms with Gasteiger partial charge in [0.15, 0.2) is 0 Å². The molecule has 30 heavy (non-hydrogen) atoms. The molecule has 1 aromatic rings. The van der Waals surface area contributed by atoms with E-state index in [0.29, 0.717) is 25.9 Å². The molecule has 1 amide bonds. The SMILES string of the molecule is C1CN2CCC1CC2.CC(C)(C)OC(=O)N1CCC(C(=O)O)(c2ccccc2)CC1. The van der Waals surface area contributed by atoms with E-state index >= 15 is 0 Å². The zero-order valence-electron chi connectivity index (χ0n) is 18.6. The van der Waals surface area contributed by atoms with Crippen LogP contribution in [-0.4, -0.2) is 65.3 Å². The molecule has 0 spiro atoms. The molecule has 0 unspecified atom stereocenters. The monoisotopic (exact) mass is 416 g/mol. The van der Waals surface area contributed by atoms with Gasteiger partial charge < -0.3 is 19.6 Å². The number of nitrogens with zero attached hydrogens (tertiary/aromatic N) is 2. The third-order valence-electron chi connectivity index (χ3n) is 6.57. The summed E-state index contributed by atoms with van der Waals surface area (Å²) in [7, 11) is 0. The highest BCUT2D eigenvalue weighted by Crippen LogP contribution is 2.36. The molecule has 6 nitrogen and oxygen atoms in total. The summed E-state index contributed by atoms with van der Waals surface area (Å²) < 4.78 is 5.35. The zero-order chi connectivity index (χ0) is 21.8. The maximum atomic E-state index is 12.1. The Bertz CT molecular complexity index is 689. The van der Waals surface area contributed by atoms with Crippen molar-refractivity contribution in [3.63, 3.8) is 0 Å². The van der Waals surface area contributed by atoms with Gasteiger partial charge in [-0.1, -0.05) is 30.3 Å². The second-order valence-corrected chi connectivity index (χ2v) is 9.79. The number of piperidine rings is 4. The van der Waals surface area contributed by atoms with Crippen LogP contribution in [0.5, 0.6) is 0 Å². The lowest BCUT2D eigenvalue weighted by molar-refractivity contribution is -0.146. The first-order valence-corrected chi connectivity index (χ1v) is 11.2. The van der Waals surface area contributed by atoms with Crippen LogP contribution in [0, 0.1) is 5.92 Å². The number of likely N-dealkylation sites (tertiary alicyclic amines) is 1. The van der Waals surface area contributed by atoms with Gasteiger partial charge in [-0.25, -0.2) is 4.79 Å². The molecule has 6 heteroatoms. The molecule has 0 saturated carbocycles. The first-order chi connectivity index (χ1) is 14.2. The van der Waals surface area contributed by atoms with Gasteiger partial charge in [-0.05, 0) is 84.0 Å². The zero-order valence-corrected chi connectivity index (χ0v) is 18.6. The molecule has 1 N–H and O–H groups in total. The highest BCUT2D eigenvalue weighted by molar-refractivity contribution is 5.82. The van der Waals surface area contributed by atoms with E-state index in [4.69, 9.17) is 4.74 Å². The predicted molar refractivity (Wildman–Crippen MR) is 117 cm³/mol. The number of carboxylic acids is 1. The standard InChI is InChI=1S/C17H23NO4.C7H13N/c1-16(2,3)22-15(21)18-11-9-17(10-12-18,14(19)20)13-7-5-4-6-8-13;1-4-8-5-2-7(1)3-6-8/h4-8H,9-12H2,1-3H3,(H,19,20);7H,1-6H2. The molecule has 1 aromatic carbocycles. The van der Waals surface area contributed by atoms with E-state index in [1.54, 1.807) is 4.90 Å². The number of carbonyl (C=O) groups excluding carboxylic acids is 1. The van der Waals surface area contributed by atoms with E-state index in [1.165, 1.54) is 38.9 Å². The minimum Gasteiger partial charge on any atom is -0.481 e. The largest absolute Gasteiger partial charge is 0.481 e. The van der Waals surface area contributed by atoms with Crippen molar-refractivity contribution in [2.24, 2.45) is 5.92 Å². The number of hydrogen-bond acceptors (Lipinski definition) is 4. The highest BCUT2D eigenvalue weighted by Gasteiger charge is 2.44. The number of aliphatic carboxylic acids is 1. The summed E-state index contributed by atoms with van der Waals surface area (Å²) in [5.74, 6) is 0.280. The fourth-order valence-electron chi connectivity index (χ4n) is 4.64. The Balaban J connectivity index is 0.000000263. The Hall–Kier alpha value is -2.08. The number of hydrogen-bond donors (Lipinski definition) is 1. The van der Waals surface area contributed by atoms with Crippen LogP contribution < -0.4 is 0 Å². The molecule has 4 aliphatic heterocycles. The average Bonchev–Trinajstić information content (AvgIpc) is 2.75. The van der Waals surface area contributed by atoms with Gasteiger partial charge in [-0.15, -0.1) is 0 Å². The van der Waals surface area contributed by atoms with Gasteiger partial charge in [0.25, 0.3) is 0 Å². The highest BCUT2D eigenvalue weighted by atomic mass is 16.6. The molecule has 0 atom stereocenters. The van der Waals surface area contributed by atoms with Crippen LogP contribution in [0.15, 0.2) is 30.3 Å². The van der Waals surface area contributed by atoms with Crippen LogP contribution >= 0.6 is 0 Å². The summed E-state index contributed by atoms with van der Waals surface area (Å²) in [5, 5.41) is 9.72. The lowest BCUT2D eigenvalue weighted by atomic mass is 9.73. The molecule has 5 rings (SSSR count). The van der Waals surface area contributed by atoms with Crippen LogP contribution in [0.2, 0.25) is 0 Å². The molecule has 4 aliphatic rings. The Morgan fingerprint density at radius 3 is 1.87 bits per heavy atom. The minimum absolute atomic E-state index is 0.375. The van der Waals surface area contributed by atoms with Crippen molar-refractivity contribution in [2.75, 3.05) is 32.7 Å². The summed E-state index contributed by atoms with van der Waals surface area (Å²) in [6, 6.07) is 9.25. The van der Waals surface area contributed by atoms with Gasteiger partial charge in [-0.2, -0.15) is 0 Å². The van der Waals surface area contributed by atoms with Crippen molar-refractivity contribution in [1.82, 2.24) is 9.80 Å². The fourth-order valence-corrected chi connectivity index (χ4v) is 4.64. The van der Waals surface area contributed by atoms with E-state index in [2.05, 4.69) is 4.90 Å². The minimum atomic E-state index is -0.917. The van der Waals surface area contributed by atoms with Crippen LogP contribution in [-0.2, 0) is 14.9 Å². The predicted octanol–water partition coefficient (Wildman–Crippen LogP) is 4.14. The van der Waals surface area contributed by atoms with Crippen molar-refractivity contribution < 1.29 is 19.4 Å². The molecule has 0 aliphatic carbocycles. The Morgan fingerprint density at radius 1 is 0.967 bits per heavy atom. The molecule has 0 aromatic heterocycles. The van der Waals surface area contributed by atoms with Gasteiger partial charge >= 0.3 is 12.1 Å². The molecule has 2 bridgehead atoms. The maximum Gasteiger partial charge on any atom is 0.410 e. The number of carbonyl (C=O) groups is 2. The maximum absolute atomic E-state index is 12.1.